The first-order valence-corrected chi connectivity index (χ1v) is 8.80. The number of nitrogens with zero attached hydrogens (tertiary/aromatic N) is 1. The number of hydrogen-bond acceptors (Lipinski definition) is 2. The number of piperidine rings is 1. The monoisotopic (exact) mass is 286 g/mol. The van der Waals surface area contributed by atoms with Crippen LogP contribution in [0.4, 0.5) is 0 Å². The molecular formula is C19H30N2. The van der Waals surface area contributed by atoms with Gasteiger partial charge in [0.2, 0.25) is 0 Å². The van der Waals surface area contributed by atoms with Gasteiger partial charge in [0.1, 0.15) is 0 Å². The molecule has 0 radical (unpaired) electrons. The summed E-state index contributed by atoms with van der Waals surface area (Å²) in [7, 11) is 0. The molecule has 2 fully saturated rings. The molecular weight excluding hydrogens is 256 g/mol. The summed E-state index contributed by atoms with van der Waals surface area (Å²) >= 11 is 0. The zero-order valence-electron chi connectivity index (χ0n) is 13.6. The van der Waals surface area contributed by atoms with Gasteiger partial charge in [-0.05, 0) is 43.7 Å². The van der Waals surface area contributed by atoms with Crippen LogP contribution in [0.1, 0.15) is 57.6 Å². The van der Waals surface area contributed by atoms with E-state index in [1.165, 1.54) is 44.2 Å². The van der Waals surface area contributed by atoms with Crippen LogP contribution in [0.15, 0.2) is 30.3 Å². The van der Waals surface area contributed by atoms with Crippen LogP contribution in [-0.2, 0) is 0 Å². The normalized spacial score (nSPS) is 27.8. The number of nitrogens with one attached hydrogen (secondary N) is 1. The van der Waals surface area contributed by atoms with E-state index in [4.69, 9.17) is 0 Å². The van der Waals surface area contributed by atoms with Gasteiger partial charge in [-0.1, -0.05) is 50.6 Å². The second kappa shape index (κ2) is 6.93. The highest BCUT2D eigenvalue weighted by Crippen LogP contribution is 2.40. The van der Waals surface area contributed by atoms with E-state index >= 15 is 0 Å². The lowest BCUT2D eigenvalue weighted by atomic mass is 9.89. The van der Waals surface area contributed by atoms with E-state index in [-0.39, 0.29) is 0 Å². The second-order valence-corrected chi connectivity index (χ2v) is 7.13. The topological polar surface area (TPSA) is 15.3 Å². The maximum absolute atomic E-state index is 3.68. The average Bonchev–Trinajstić information content (AvgIpc) is 2.97. The molecule has 1 saturated carbocycles. The largest absolute Gasteiger partial charge is 0.313 e. The van der Waals surface area contributed by atoms with Crippen LogP contribution in [0.5, 0.6) is 0 Å². The number of likely N-dealkylation sites (tertiary alicyclic amines) is 1. The molecule has 1 aliphatic heterocycles. The van der Waals surface area contributed by atoms with Crippen molar-refractivity contribution in [2.45, 2.75) is 64.1 Å². The molecule has 21 heavy (non-hydrogen) atoms. The van der Waals surface area contributed by atoms with Crippen LogP contribution in [0.3, 0.4) is 0 Å². The highest BCUT2D eigenvalue weighted by Gasteiger charge is 2.38. The Hall–Kier alpha value is -0.860. The van der Waals surface area contributed by atoms with Crippen molar-refractivity contribution in [3.05, 3.63) is 35.9 Å². The van der Waals surface area contributed by atoms with Gasteiger partial charge in [0.15, 0.2) is 0 Å². The molecule has 2 aliphatic rings. The van der Waals surface area contributed by atoms with Crippen LogP contribution in [0.2, 0.25) is 0 Å². The van der Waals surface area contributed by atoms with Crippen molar-refractivity contribution in [1.29, 1.82) is 0 Å². The molecule has 0 bridgehead atoms. The van der Waals surface area contributed by atoms with Crippen molar-refractivity contribution in [2.24, 2.45) is 5.92 Å². The minimum absolute atomic E-state index is 0.541. The number of fused-ring (bicyclic) bond motifs is 1. The van der Waals surface area contributed by atoms with Gasteiger partial charge in [-0.3, -0.25) is 4.90 Å². The fraction of sp³-hybridized carbons (Fsp3) is 0.684. The first kappa shape index (κ1) is 15.1. The molecule has 0 spiro atoms. The molecule has 1 N–H and O–H groups in total. The molecule has 1 aliphatic carbocycles. The molecule has 1 aromatic carbocycles. The molecule has 1 heterocycles. The second-order valence-electron chi connectivity index (χ2n) is 7.13. The van der Waals surface area contributed by atoms with Crippen molar-refractivity contribution in [3.8, 4) is 0 Å². The standard InChI is InChI=1S/C19H30N2/c1-15(2)20-14-19(17-8-4-3-5-9-17)21-13-7-11-16-10-6-12-18(16)21/h3-5,8-9,15-16,18-20H,6-7,10-14H2,1-2H3. The van der Waals surface area contributed by atoms with E-state index in [1.807, 2.05) is 0 Å². The van der Waals surface area contributed by atoms with E-state index in [0.717, 1.165) is 18.5 Å². The van der Waals surface area contributed by atoms with Gasteiger partial charge in [-0.2, -0.15) is 0 Å². The maximum Gasteiger partial charge on any atom is 0.0475 e. The summed E-state index contributed by atoms with van der Waals surface area (Å²) < 4.78 is 0. The van der Waals surface area contributed by atoms with E-state index in [9.17, 15) is 0 Å². The molecule has 116 valence electrons. The number of rotatable bonds is 5. The first-order valence-electron chi connectivity index (χ1n) is 8.80. The van der Waals surface area contributed by atoms with Crippen LogP contribution >= 0.6 is 0 Å². The Kier molecular flexibility index (Phi) is 4.97. The third-order valence-corrected chi connectivity index (χ3v) is 5.34. The Balaban J connectivity index is 1.80. The SMILES string of the molecule is CC(C)NCC(c1ccccc1)N1CCCC2CCCC21. The zero-order chi connectivity index (χ0) is 14.7. The van der Waals surface area contributed by atoms with E-state index < -0.39 is 0 Å². The quantitative estimate of drug-likeness (QED) is 0.880. The van der Waals surface area contributed by atoms with Gasteiger partial charge in [0.05, 0.1) is 0 Å². The molecule has 1 saturated heterocycles. The molecule has 3 rings (SSSR count). The lowest BCUT2D eigenvalue weighted by molar-refractivity contribution is 0.0654. The van der Waals surface area contributed by atoms with Gasteiger partial charge in [-0.25, -0.2) is 0 Å². The minimum Gasteiger partial charge on any atom is -0.313 e. The van der Waals surface area contributed by atoms with Gasteiger partial charge < -0.3 is 5.32 Å². The van der Waals surface area contributed by atoms with Gasteiger partial charge >= 0.3 is 0 Å². The summed E-state index contributed by atoms with van der Waals surface area (Å²) in [5.41, 5.74) is 1.48. The summed E-state index contributed by atoms with van der Waals surface area (Å²) in [6, 6.07) is 13.1. The number of hydrogen-bond donors (Lipinski definition) is 1. The Labute approximate surface area is 129 Å². The van der Waals surface area contributed by atoms with Crippen LogP contribution in [0, 0.1) is 5.92 Å². The molecule has 2 heteroatoms. The minimum atomic E-state index is 0.541. The highest BCUT2D eigenvalue weighted by atomic mass is 15.2. The van der Waals surface area contributed by atoms with Crippen molar-refractivity contribution in [1.82, 2.24) is 10.2 Å². The molecule has 0 aromatic heterocycles. The molecule has 3 unspecified atom stereocenters. The van der Waals surface area contributed by atoms with Gasteiger partial charge in [0, 0.05) is 24.7 Å². The first-order chi connectivity index (χ1) is 10.3. The van der Waals surface area contributed by atoms with E-state index in [2.05, 4.69) is 54.4 Å². The summed E-state index contributed by atoms with van der Waals surface area (Å²) in [6.07, 6.45) is 7.15. The highest BCUT2D eigenvalue weighted by molar-refractivity contribution is 5.20. The smallest absolute Gasteiger partial charge is 0.0475 e. The molecule has 2 nitrogen and oxygen atoms in total. The van der Waals surface area contributed by atoms with Crippen molar-refractivity contribution in [3.63, 3.8) is 0 Å². The Morgan fingerprint density at radius 3 is 2.62 bits per heavy atom. The van der Waals surface area contributed by atoms with Crippen LogP contribution in [-0.4, -0.2) is 30.1 Å². The van der Waals surface area contributed by atoms with Crippen LogP contribution < -0.4 is 5.32 Å². The Morgan fingerprint density at radius 1 is 1.10 bits per heavy atom. The number of benzene rings is 1. The predicted molar refractivity (Wildman–Crippen MR) is 89.4 cm³/mol. The fourth-order valence-corrected chi connectivity index (χ4v) is 4.33. The fourth-order valence-electron chi connectivity index (χ4n) is 4.33. The lowest BCUT2D eigenvalue weighted by Gasteiger charge is -2.43. The Morgan fingerprint density at radius 2 is 1.86 bits per heavy atom. The summed E-state index contributed by atoms with van der Waals surface area (Å²) in [5, 5.41) is 3.68. The summed E-state index contributed by atoms with van der Waals surface area (Å²) in [4.78, 5) is 2.83. The van der Waals surface area contributed by atoms with Crippen molar-refractivity contribution < 1.29 is 0 Å². The lowest BCUT2D eigenvalue weighted by Crippen LogP contribution is -2.48. The Bertz CT molecular complexity index is 428. The van der Waals surface area contributed by atoms with Gasteiger partial charge in [0.25, 0.3) is 0 Å². The van der Waals surface area contributed by atoms with Gasteiger partial charge in [-0.15, -0.1) is 0 Å². The third kappa shape index (κ3) is 3.49. The van der Waals surface area contributed by atoms with Crippen molar-refractivity contribution in [2.75, 3.05) is 13.1 Å². The summed E-state index contributed by atoms with van der Waals surface area (Å²) in [6.45, 7) is 6.85. The van der Waals surface area contributed by atoms with Crippen LogP contribution in [0.25, 0.3) is 0 Å². The summed E-state index contributed by atoms with van der Waals surface area (Å²) in [5.74, 6) is 0.962. The predicted octanol–water partition coefficient (Wildman–Crippen LogP) is 3.99. The third-order valence-electron chi connectivity index (χ3n) is 5.34. The average molecular weight is 286 g/mol. The zero-order valence-corrected chi connectivity index (χ0v) is 13.6. The van der Waals surface area contributed by atoms with E-state index in [0.29, 0.717) is 12.1 Å². The van der Waals surface area contributed by atoms with Crippen molar-refractivity contribution >= 4 is 0 Å². The molecule has 3 atom stereocenters. The maximum atomic E-state index is 3.68. The molecule has 0 amide bonds. The van der Waals surface area contributed by atoms with E-state index in [1.54, 1.807) is 0 Å². The molecule has 1 aromatic rings.